The van der Waals surface area contributed by atoms with Gasteiger partial charge in [-0.15, -0.1) is 0 Å². The van der Waals surface area contributed by atoms with Gasteiger partial charge in [-0.1, -0.05) is 36.4 Å². The fourth-order valence-electron chi connectivity index (χ4n) is 3.83. The molecule has 6 nitrogen and oxygen atoms in total. The molecule has 0 spiro atoms. The van der Waals surface area contributed by atoms with Crippen molar-refractivity contribution in [2.75, 3.05) is 23.4 Å². The summed E-state index contributed by atoms with van der Waals surface area (Å²) in [7, 11) is 0. The van der Waals surface area contributed by atoms with Gasteiger partial charge in [0, 0.05) is 23.2 Å². The monoisotopic (exact) mass is 476 g/mol. The highest BCUT2D eigenvalue weighted by atomic mass is 19.4. The Labute approximate surface area is 198 Å². The first kappa shape index (κ1) is 22.4. The van der Waals surface area contributed by atoms with Crippen LogP contribution in [0.15, 0.2) is 79.1 Å². The molecule has 176 valence electrons. The zero-order valence-electron chi connectivity index (χ0n) is 18.3. The van der Waals surface area contributed by atoms with E-state index in [-0.39, 0.29) is 11.6 Å². The minimum atomic E-state index is -4.46. The van der Waals surface area contributed by atoms with Gasteiger partial charge < -0.3 is 15.0 Å². The van der Waals surface area contributed by atoms with Crippen LogP contribution in [0.1, 0.15) is 11.1 Å². The van der Waals surface area contributed by atoms with Crippen LogP contribution in [0.2, 0.25) is 0 Å². The Balaban J connectivity index is 1.49. The number of benzene rings is 3. The second kappa shape index (κ2) is 9.09. The van der Waals surface area contributed by atoms with Gasteiger partial charge >= 0.3 is 6.18 Å². The van der Waals surface area contributed by atoms with Gasteiger partial charge in [0.05, 0.1) is 23.3 Å². The number of hydrogen-bond acceptors (Lipinski definition) is 5. The van der Waals surface area contributed by atoms with Crippen LogP contribution >= 0.6 is 0 Å². The highest BCUT2D eigenvalue weighted by molar-refractivity contribution is 6.07. The van der Waals surface area contributed by atoms with Crippen LogP contribution in [0, 0.1) is 0 Å². The quantitative estimate of drug-likeness (QED) is 0.376. The fourth-order valence-corrected chi connectivity index (χ4v) is 3.83. The zero-order valence-corrected chi connectivity index (χ0v) is 18.3. The van der Waals surface area contributed by atoms with E-state index in [1.54, 1.807) is 23.1 Å². The summed E-state index contributed by atoms with van der Waals surface area (Å²) in [6.07, 6.45) is 0.0924. The lowest BCUT2D eigenvalue weighted by molar-refractivity contribution is -0.137. The first-order valence-corrected chi connectivity index (χ1v) is 10.8. The van der Waals surface area contributed by atoms with Crippen LogP contribution in [0.25, 0.3) is 17.0 Å². The highest BCUT2D eigenvalue weighted by Crippen LogP contribution is 2.38. The van der Waals surface area contributed by atoms with Crippen molar-refractivity contribution in [3.05, 3.63) is 90.3 Å². The smallest absolute Gasteiger partial charge is 0.416 e. The summed E-state index contributed by atoms with van der Waals surface area (Å²) < 4.78 is 45.1. The summed E-state index contributed by atoms with van der Waals surface area (Å²) in [6.45, 7) is 0.671. The molecule has 1 N–H and O–H groups in total. The van der Waals surface area contributed by atoms with Crippen molar-refractivity contribution in [2.45, 2.75) is 6.18 Å². The molecule has 0 unspecified atom stereocenters. The predicted octanol–water partition coefficient (Wildman–Crippen LogP) is 5.83. The molecule has 0 atom stereocenters. The van der Waals surface area contributed by atoms with Gasteiger partial charge in [-0.05, 0) is 35.9 Å². The SMILES string of the molecule is O=C(/C=C/c1ccccc1)N1CCOc2cc3ncnc(Nc4cccc(C(F)(F)F)c4)c3cc21. The van der Waals surface area contributed by atoms with Crippen LogP contribution in [-0.2, 0) is 11.0 Å². The maximum atomic E-state index is 13.1. The van der Waals surface area contributed by atoms with Crippen LogP contribution in [-0.4, -0.2) is 29.0 Å². The third kappa shape index (κ3) is 4.79. The lowest BCUT2D eigenvalue weighted by Gasteiger charge is -2.29. The largest absolute Gasteiger partial charge is 0.489 e. The summed E-state index contributed by atoms with van der Waals surface area (Å²) in [6, 6.07) is 17.7. The van der Waals surface area contributed by atoms with Gasteiger partial charge in [0.25, 0.3) is 5.91 Å². The Morgan fingerprint density at radius 2 is 1.86 bits per heavy atom. The summed E-state index contributed by atoms with van der Waals surface area (Å²) in [4.78, 5) is 23.1. The van der Waals surface area contributed by atoms with Crippen molar-refractivity contribution in [2.24, 2.45) is 0 Å². The molecular weight excluding hydrogens is 457 g/mol. The van der Waals surface area contributed by atoms with Crippen LogP contribution in [0.3, 0.4) is 0 Å². The van der Waals surface area contributed by atoms with Crippen LogP contribution in [0.4, 0.5) is 30.4 Å². The van der Waals surface area contributed by atoms with Crippen molar-refractivity contribution in [3.63, 3.8) is 0 Å². The summed E-state index contributed by atoms with van der Waals surface area (Å²) in [5.74, 6) is 0.589. The summed E-state index contributed by atoms with van der Waals surface area (Å²) in [5, 5.41) is 3.49. The molecule has 0 aliphatic carbocycles. The van der Waals surface area contributed by atoms with E-state index in [1.807, 2.05) is 30.3 Å². The van der Waals surface area contributed by atoms with E-state index in [9.17, 15) is 18.0 Å². The van der Waals surface area contributed by atoms with Crippen molar-refractivity contribution in [1.29, 1.82) is 0 Å². The number of nitrogens with one attached hydrogen (secondary N) is 1. The maximum Gasteiger partial charge on any atom is 0.416 e. The number of amides is 1. The molecule has 0 saturated carbocycles. The molecule has 1 aromatic heterocycles. The fraction of sp³-hybridized carbons (Fsp3) is 0.115. The Hall–Kier alpha value is -4.40. The number of anilines is 3. The molecule has 0 bridgehead atoms. The molecule has 5 rings (SSSR count). The molecule has 0 radical (unpaired) electrons. The highest BCUT2D eigenvalue weighted by Gasteiger charge is 2.30. The molecule has 2 heterocycles. The molecule has 3 aromatic carbocycles. The molecule has 0 fully saturated rings. The number of fused-ring (bicyclic) bond motifs is 2. The van der Waals surface area contributed by atoms with E-state index < -0.39 is 11.7 Å². The minimum absolute atomic E-state index is 0.220. The number of ether oxygens (including phenoxy) is 1. The van der Waals surface area contributed by atoms with Gasteiger partial charge in [0.2, 0.25) is 0 Å². The predicted molar refractivity (Wildman–Crippen MR) is 128 cm³/mol. The molecule has 9 heteroatoms. The minimum Gasteiger partial charge on any atom is -0.489 e. The van der Waals surface area contributed by atoms with E-state index in [4.69, 9.17) is 4.74 Å². The Bertz CT molecular complexity index is 1420. The number of rotatable bonds is 4. The average Bonchev–Trinajstić information content (AvgIpc) is 2.86. The molecule has 4 aromatic rings. The van der Waals surface area contributed by atoms with Gasteiger partial charge in [0.15, 0.2) is 0 Å². The van der Waals surface area contributed by atoms with Gasteiger partial charge in [-0.2, -0.15) is 13.2 Å². The summed E-state index contributed by atoms with van der Waals surface area (Å²) >= 11 is 0. The normalized spacial score (nSPS) is 13.5. The zero-order chi connectivity index (χ0) is 24.4. The second-order valence-corrected chi connectivity index (χ2v) is 7.85. The number of carbonyl (C=O) groups excluding carboxylic acids is 1. The number of hydrogen-bond donors (Lipinski definition) is 1. The molecule has 0 saturated heterocycles. The lowest BCUT2D eigenvalue weighted by atomic mass is 10.1. The second-order valence-electron chi connectivity index (χ2n) is 7.85. The van der Waals surface area contributed by atoms with Gasteiger partial charge in [0.1, 0.15) is 24.5 Å². The average molecular weight is 476 g/mol. The number of halogens is 3. The molecule has 1 amide bonds. The topological polar surface area (TPSA) is 67.4 Å². The van der Waals surface area contributed by atoms with Crippen molar-refractivity contribution >= 4 is 40.1 Å². The number of aromatic nitrogens is 2. The van der Waals surface area contributed by atoms with E-state index in [2.05, 4.69) is 15.3 Å². The lowest BCUT2D eigenvalue weighted by Crippen LogP contribution is -2.36. The first-order chi connectivity index (χ1) is 16.9. The maximum absolute atomic E-state index is 13.1. The Morgan fingerprint density at radius 3 is 2.66 bits per heavy atom. The first-order valence-electron chi connectivity index (χ1n) is 10.8. The van der Waals surface area contributed by atoms with Crippen LogP contribution in [0.5, 0.6) is 5.75 Å². The molecule has 1 aliphatic heterocycles. The van der Waals surface area contributed by atoms with E-state index >= 15 is 0 Å². The Morgan fingerprint density at radius 1 is 1.03 bits per heavy atom. The Kier molecular flexibility index (Phi) is 5.82. The van der Waals surface area contributed by atoms with E-state index in [1.165, 1.54) is 24.5 Å². The third-order valence-electron chi connectivity index (χ3n) is 5.52. The number of nitrogens with zero attached hydrogens (tertiary/aromatic N) is 3. The van der Waals surface area contributed by atoms with Crippen molar-refractivity contribution in [1.82, 2.24) is 9.97 Å². The van der Waals surface area contributed by atoms with E-state index in [0.29, 0.717) is 41.3 Å². The van der Waals surface area contributed by atoms with Crippen molar-refractivity contribution < 1.29 is 22.7 Å². The molecule has 1 aliphatic rings. The molecular formula is C26H19F3N4O2. The third-order valence-corrected chi connectivity index (χ3v) is 5.52. The standard InChI is InChI=1S/C26H19F3N4O2/c27-26(28,29)18-7-4-8-19(13-18)32-25-20-14-22-23(15-21(20)30-16-31-25)35-12-11-33(22)24(34)10-9-17-5-2-1-3-6-17/h1-10,13-16H,11-12H2,(H,30,31,32)/b10-9+. The van der Waals surface area contributed by atoms with Gasteiger partial charge in [-0.25, -0.2) is 9.97 Å². The number of carbonyl (C=O) groups is 1. The van der Waals surface area contributed by atoms with Crippen molar-refractivity contribution in [3.8, 4) is 5.75 Å². The number of alkyl halides is 3. The van der Waals surface area contributed by atoms with Gasteiger partial charge in [-0.3, -0.25) is 4.79 Å². The summed E-state index contributed by atoms with van der Waals surface area (Å²) in [5.41, 5.74) is 1.42. The van der Waals surface area contributed by atoms with E-state index in [0.717, 1.165) is 17.7 Å². The van der Waals surface area contributed by atoms with Crippen LogP contribution < -0.4 is 15.0 Å². The molecule has 35 heavy (non-hydrogen) atoms.